The lowest BCUT2D eigenvalue weighted by Crippen LogP contribution is -2.39. The molecule has 0 unspecified atom stereocenters. The van der Waals surface area contributed by atoms with E-state index in [1.165, 1.54) is 6.92 Å². The van der Waals surface area contributed by atoms with Gasteiger partial charge in [0, 0.05) is 19.6 Å². The number of ether oxygens (including phenoxy) is 1. The van der Waals surface area contributed by atoms with Crippen LogP contribution in [0.25, 0.3) is 0 Å². The minimum Gasteiger partial charge on any atom is -0.481 e. The normalized spacial score (nSPS) is 16.7. The number of carboxylic acid groups (broad SMARTS) is 1. The van der Waals surface area contributed by atoms with Crippen molar-refractivity contribution in [1.29, 1.82) is 0 Å². The highest BCUT2D eigenvalue weighted by Gasteiger charge is 2.12. The van der Waals surface area contributed by atoms with Crippen LogP contribution in [0.4, 0.5) is 0 Å². The molecule has 6 nitrogen and oxygen atoms in total. The van der Waals surface area contributed by atoms with Gasteiger partial charge in [0.2, 0.25) is 0 Å². The van der Waals surface area contributed by atoms with E-state index >= 15 is 0 Å². The second-order valence-corrected chi connectivity index (χ2v) is 4.93. The molecule has 6 heteroatoms. The fourth-order valence-corrected chi connectivity index (χ4v) is 2.18. The lowest BCUT2D eigenvalue weighted by molar-refractivity contribution is -0.137. The molecule has 0 amide bonds. The van der Waals surface area contributed by atoms with E-state index in [9.17, 15) is 9.59 Å². The Balaban J connectivity index is 2.22. The molecule has 0 atom stereocenters. The summed E-state index contributed by atoms with van der Waals surface area (Å²) < 4.78 is 5.28. The van der Waals surface area contributed by atoms with Crippen molar-refractivity contribution < 1.29 is 19.4 Å². The molecule has 0 bridgehead atoms. The molecule has 1 N–H and O–H groups in total. The molecule has 0 spiro atoms. The molecule has 1 fully saturated rings. The molecule has 1 aliphatic heterocycles. The summed E-state index contributed by atoms with van der Waals surface area (Å²) in [5.41, 5.74) is 0. The summed E-state index contributed by atoms with van der Waals surface area (Å²) in [7, 11) is 0. The summed E-state index contributed by atoms with van der Waals surface area (Å²) in [6.07, 6.45) is 1.04. The zero-order chi connectivity index (χ0) is 14.1. The van der Waals surface area contributed by atoms with Gasteiger partial charge in [0.25, 0.3) is 0 Å². The second-order valence-electron chi connectivity index (χ2n) is 4.93. The van der Waals surface area contributed by atoms with Crippen LogP contribution in [0.3, 0.4) is 0 Å². The highest BCUT2D eigenvalue weighted by Crippen LogP contribution is 2.01. The number of hydrogen-bond donors (Lipinski definition) is 1. The third kappa shape index (κ3) is 7.92. The van der Waals surface area contributed by atoms with Crippen LogP contribution in [0.5, 0.6) is 0 Å². The van der Waals surface area contributed by atoms with E-state index in [0.29, 0.717) is 13.1 Å². The summed E-state index contributed by atoms with van der Waals surface area (Å²) >= 11 is 0. The highest BCUT2D eigenvalue weighted by atomic mass is 16.5. The van der Waals surface area contributed by atoms with Crippen LogP contribution in [0.2, 0.25) is 0 Å². The van der Waals surface area contributed by atoms with E-state index in [0.717, 1.165) is 45.8 Å². The molecule has 0 aromatic carbocycles. The van der Waals surface area contributed by atoms with Gasteiger partial charge in [0.15, 0.2) is 0 Å². The smallest absolute Gasteiger partial charge is 0.304 e. The van der Waals surface area contributed by atoms with Crippen molar-refractivity contribution in [2.24, 2.45) is 0 Å². The van der Waals surface area contributed by atoms with E-state index in [1.807, 2.05) is 4.90 Å². The molecule has 0 saturated carbocycles. The van der Waals surface area contributed by atoms with E-state index in [-0.39, 0.29) is 12.2 Å². The Labute approximate surface area is 114 Å². The standard InChI is InChI=1S/C13H24N2O4/c1-12(16)11-15(6-3-13(17)18)5-2-4-14-7-9-19-10-8-14/h2-11H2,1H3,(H,17,18). The van der Waals surface area contributed by atoms with E-state index in [1.54, 1.807) is 0 Å². The van der Waals surface area contributed by atoms with Gasteiger partial charge in [-0.3, -0.25) is 19.4 Å². The molecule has 1 heterocycles. The summed E-state index contributed by atoms with van der Waals surface area (Å²) in [6.45, 7) is 7.56. The summed E-state index contributed by atoms with van der Waals surface area (Å²) in [5.74, 6) is -0.738. The lowest BCUT2D eigenvalue weighted by atomic mass is 10.2. The molecule has 0 aliphatic carbocycles. The predicted molar refractivity (Wildman–Crippen MR) is 71.2 cm³/mol. The van der Waals surface area contributed by atoms with Crippen molar-refractivity contribution in [3.05, 3.63) is 0 Å². The number of Topliss-reactive ketones (excluding diaryl/α,β-unsaturated/α-hetero) is 1. The number of carbonyl (C=O) groups is 2. The highest BCUT2D eigenvalue weighted by molar-refractivity contribution is 5.77. The van der Waals surface area contributed by atoms with Crippen molar-refractivity contribution in [2.45, 2.75) is 19.8 Å². The number of rotatable bonds is 9. The van der Waals surface area contributed by atoms with Crippen molar-refractivity contribution in [3.8, 4) is 0 Å². The number of ketones is 1. The summed E-state index contributed by atoms with van der Waals surface area (Å²) in [4.78, 5) is 26.0. The first kappa shape index (κ1) is 16.1. The zero-order valence-electron chi connectivity index (χ0n) is 11.6. The van der Waals surface area contributed by atoms with Crippen LogP contribution in [0, 0.1) is 0 Å². The molecule has 0 aromatic heterocycles. The van der Waals surface area contributed by atoms with Crippen molar-refractivity contribution in [1.82, 2.24) is 9.80 Å². The average molecular weight is 272 g/mol. The first-order valence-corrected chi connectivity index (χ1v) is 6.81. The molecule has 1 rings (SSSR count). The monoisotopic (exact) mass is 272 g/mol. The van der Waals surface area contributed by atoms with Gasteiger partial charge in [0.05, 0.1) is 26.2 Å². The van der Waals surface area contributed by atoms with Crippen LogP contribution in [0.1, 0.15) is 19.8 Å². The summed E-state index contributed by atoms with van der Waals surface area (Å²) in [6, 6.07) is 0. The third-order valence-corrected chi connectivity index (χ3v) is 3.14. The second kappa shape index (κ2) is 9.01. The summed E-state index contributed by atoms with van der Waals surface area (Å²) in [5, 5.41) is 8.69. The Kier molecular flexibility index (Phi) is 7.62. The molecule has 0 aromatic rings. The van der Waals surface area contributed by atoms with Crippen LogP contribution in [0.15, 0.2) is 0 Å². The maximum atomic E-state index is 11.1. The number of hydrogen-bond acceptors (Lipinski definition) is 5. The quantitative estimate of drug-likeness (QED) is 0.641. The number of carbonyl (C=O) groups excluding carboxylic acids is 1. The predicted octanol–water partition coefficient (Wildman–Crippen LogP) is 0.0744. The van der Waals surface area contributed by atoms with Gasteiger partial charge in [-0.15, -0.1) is 0 Å². The van der Waals surface area contributed by atoms with Gasteiger partial charge in [0.1, 0.15) is 5.78 Å². The molecule has 110 valence electrons. The van der Waals surface area contributed by atoms with E-state index < -0.39 is 5.97 Å². The first-order chi connectivity index (χ1) is 9.08. The van der Waals surface area contributed by atoms with E-state index in [4.69, 9.17) is 9.84 Å². The molecular weight excluding hydrogens is 248 g/mol. The van der Waals surface area contributed by atoms with Gasteiger partial charge in [-0.25, -0.2) is 0 Å². The van der Waals surface area contributed by atoms with Gasteiger partial charge < -0.3 is 9.84 Å². The van der Waals surface area contributed by atoms with Crippen LogP contribution < -0.4 is 0 Å². The Bertz CT molecular complexity index is 290. The van der Waals surface area contributed by atoms with Crippen molar-refractivity contribution in [3.63, 3.8) is 0 Å². The minimum atomic E-state index is -0.818. The molecule has 0 radical (unpaired) electrons. The fraction of sp³-hybridized carbons (Fsp3) is 0.846. The Hall–Kier alpha value is -0.980. The molecule has 19 heavy (non-hydrogen) atoms. The fourth-order valence-electron chi connectivity index (χ4n) is 2.18. The minimum absolute atomic E-state index is 0.0803. The van der Waals surface area contributed by atoms with E-state index in [2.05, 4.69) is 4.90 Å². The van der Waals surface area contributed by atoms with Crippen LogP contribution in [-0.4, -0.2) is 79.1 Å². The lowest BCUT2D eigenvalue weighted by Gasteiger charge is -2.28. The maximum Gasteiger partial charge on any atom is 0.304 e. The maximum absolute atomic E-state index is 11.1. The number of carboxylic acids is 1. The Morgan fingerprint density at radius 2 is 1.95 bits per heavy atom. The number of nitrogens with zero attached hydrogens (tertiary/aromatic N) is 2. The number of morpholine rings is 1. The molecular formula is C13H24N2O4. The van der Waals surface area contributed by atoms with Crippen LogP contribution >= 0.6 is 0 Å². The van der Waals surface area contributed by atoms with Crippen molar-refractivity contribution >= 4 is 11.8 Å². The largest absolute Gasteiger partial charge is 0.481 e. The van der Waals surface area contributed by atoms with Crippen molar-refractivity contribution in [2.75, 3.05) is 52.5 Å². The number of aliphatic carboxylic acids is 1. The topological polar surface area (TPSA) is 70.1 Å². The van der Waals surface area contributed by atoms with Gasteiger partial charge in [-0.05, 0) is 26.4 Å². The Morgan fingerprint density at radius 1 is 1.26 bits per heavy atom. The average Bonchev–Trinajstić information content (AvgIpc) is 2.36. The van der Waals surface area contributed by atoms with Gasteiger partial charge >= 0.3 is 5.97 Å². The molecule has 1 saturated heterocycles. The molecule has 1 aliphatic rings. The third-order valence-electron chi connectivity index (χ3n) is 3.14. The SMILES string of the molecule is CC(=O)CN(CCCN1CCOCC1)CCC(=O)O. The zero-order valence-corrected chi connectivity index (χ0v) is 11.6. The Morgan fingerprint density at radius 3 is 2.53 bits per heavy atom. The van der Waals surface area contributed by atoms with Gasteiger partial charge in [-0.2, -0.15) is 0 Å². The van der Waals surface area contributed by atoms with Gasteiger partial charge in [-0.1, -0.05) is 0 Å². The van der Waals surface area contributed by atoms with Crippen LogP contribution in [-0.2, 0) is 14.3 Å². The first-order valence-electron chi connectivity index (χ1n) is 6.81.